The highest BCUT2D eigenvalue weighted by atomic mass is 16.5. The molecule has 0 amide bonds. The average molecular weight is 241 g/mol. The van der Waals surface area contributed by atoms with Gasteiger partial charge in [0.05, 0.1) is 6.10 Å². The minimum atomic E-state index is 0.556. The van der Waals surface area contributed by atoms with Crippen LogP contribution < -0.4 is 5.32 Å². The Hall–Kier alpha value is -0.0800. The molecule has 1 N–H and O–H groups in total. The van der Waals surface area contributed by atoms with Gasteiger partial charge in [-0.25, -0.2) is 0 Å². The number of ether oxygens (including phenoxy) is 1. The monoisotopic (exact) mass is 241 g/mol. The van der Waals surface area contributed by atoms with Gasteiger partial charge >= 0.3 is 0 Å². The van der Waals surface area contributed by atoms with Crippen LogP contribution in [0.3, 0.4) is 0 Å². The van der Waals surface area contributed by atoms with Gasteiger partial charge in [-0.05, 0) is 57.5 Å². The first-order valence-electron chi connectivity index (χ1n) is 7.40. The van der Waals surface area contributed by atoms with E-state index in [-0.39, 0.29) is 0 Å². The fraction of sp³-hybridized carbons (Fsp3) is 1.00. The predicted molar refractivity (Wildman–Crippen MR) is 74.4 cm³/mol. The van der Waals surface area contributed by atoms with Crippen LogP contribution in [-0.4, -0.2) is 26.3 Å². The number of hydrogen-bond acceptors (Lipinski definition) is 2. The largest absolute Gasteiger partial charge is 0.378 e. The molecule has 1 saturated carbocycles. The summed E-state index contributed by atoms with van der Waals surface area (Å²) in [7, 11) is 2.02. The second kappa shape index (κ2) is 8.10. The Bertz CT molecular complexity index is 181. The summed E-state index contributed by atoms with van der Waals surface area (Å²) >= 11 is 0. The first kappa shape index (κ1) is 15.0. The van der Waals surface area contributed by atoms with Crippen molar-refractivity contribution < 1.29 is 4.74 Å². The summed E-state index contributed by atoms with van der Waals surface area (Å²) in [6, 6.07) is 0. The molecule has 0 heterocycles. The summed E-state index contributed by atoms with van der Waals surface area (Å²) in [5, 5.41) is 3.19. The molecule has 0 atom stereocenters. The molecule has 0 spiro atoms. The number of rotatable bonds is 8. The van der Waals surface area contributed by atoms with Crippen molar-refractivity contribution in [1.29, 1.82) is 0 Å². The van der Waals surface area contributed by atoms with Crippen LogP contribution in [0.4, 0.5) is 0 Å². The number of unbranched alkanes of at least 4 members (excludes halogenated alkanes) is 3. The zero-order valence-electron chi connectivity index (χ0n) is 12.1. The lowest BCUT2D eigenvalue weighted by atomic mass is 9.76. The van der Waals surface area contributed by atoms with Crippen LogP contribution in [-0.2, 0) is 4.74 Å². The first-order valence-corrected chi connectivity index (χ1v) is 7.40. The van der Waals surface area contributed by atoms with Gasteiger partial charge in [-0.15, -0.1) is 0 Å². The van der Waals surface area contributed by atoms with Gasteiger partial charge in [0.15, 0.2) is 0 Å². The minimum absolute atomic E-state index is 0.556. The number of hydrogen-bond donors (Lipinski definition) is 1. The van der Waals surface area contributed by atoms with E-state index in [0.29, 0.717) is 11.5 Å². The molecule has 0 aromatic carbocycles. The van der Waals surface area contributed by atoms with E-state index in [4.69, 9.17) is 4.74 Å². The summed E-state index contributed by atoms with van der Waals surface area (Å²) < 4.78 is 5.97. The molecular weight excluding hydrogens is 210 g/mol. The summed E-state index contributed by atoms with van der Waals surface area (Å²) in [6.45, 7) is 6.89. The molecule has 0 unspecified atom stereocenters. The summed E-state index contributed by atoms with van der Waals surface area (Å²) in [4.78, 5) is 0. The Kier molecular flexibility index (Phi) is 7.14. The van der Waals surface area contributed by atoms with Gasteiger partial charge < -0.3 is 10.1 Å². The molecule has 1 aliphatic rings. The lowest BCUT2D eigenvalue weighted by Crippen LogP contribution is -2.26. The summed E-state index contributed by atoms with van der Waals surface area (Å²) in [6.07, 6.45) is 11.0. The van der Waals surface area contributed by atoms with Gasteiger partial charge in [-0.2, -0.15) is 0 Å². The third-order valence-electron chi connectivity index (χ3n) is 3.96. The van der Waals surface area contributed by atoms with Crippen molar-refractivity contribution in [2.24, 2.45) is 5.41 Å². The molecule has 17 heavy (non-hydrogen) atoms. The summed E-state index contributed by atoms with van der Waals surface area (Å²) in [5.41, 5.74) is 0.563. The zero-order chi connectivity index (χ0) is 12.6. The van der Waals surface area contributed by atoms with E-state index >= 15 is 0 Å². The predicted octanol–water partition coefficient (Wildman–Crippen LogP) is 3.75. The van der Waals surface area contributed by atoms with Crippen molar-refractivity contribution in [2.45, 2.75) is 71.3 Å². The zero-order valence-corrected chi connectivity index (χ0v) is 12.1. The van der Waals surface area contributed by atoms with Gasteiger partial charge in [0.25, 0.3) is 0 Å². The van der Waals surface area contributed by atoms with E-state index in [2.05, 4.69) is 19.2 Å². The highest BCUT2D eigenvalue weighted by Crippen LogP contribution is 2.36. The molecule has 1 fully saturated rings. The molecule has 1 rings (SSSR count). The Labute approximate surface area is 108 Å². The Morgan fingerprint density at radius 2 is 1.71 bits per heavy atom. The average Bonchev–Trinajstić information content (AvgIpc) is 2.30. The van der Waals surface area contributed by atoms with Gasteiger partial charge in [0.1, 0.15) is 0 Å². The molecule has 0 aromatic heterocycles. The van der Waals surface area contributed by atoms with E-state index in [1.165, 1.54) is 51.4 Å². The molecule has 0 aromatic rings. The van der Waals surface area contributed by atoms with Crippen LogP contribution >= 0.6 is 0 Å². The molecule has 2 nitrogen and oxygen atoms in total. The van der Waals surface area contributed by atoms with Crippen molar-refractivity contribution in [3.8, 4) is 0 Å². The Morgan fingerprint density at radius 3 is 2.35 bits per heavy atom. The maximum atomic E-state index is 5.97. The third kappa shape index (κ3) is 7.05. The highest BCUT2D eigenvalue weighted by molar-refractivity contribution is 4.78. The molecule has 0 aliphatic heterocycles. The maximum Gasteiger partial charge on any atom is 0.0575 e. The van der Waals surface area contributed by atoms with E-state index in [1.54, 1.807) is 0 Å². The van der Waals surface area contributed by atoms with Gasteiger partial charge in [-0.3, -0.25) is 0 Å². The topological polar surface area (TPSA) is 21.3 Å². The lowest BCUT2D eigenvalue weighted by Gasteiger charge is -2.34. The molecular formula is C15H31NO. The van der Waals surface area contributed by atoms with Crippen LogP contribution in [0.15, 0.2) is 0 Å². The minimum Gasteiger partial charge on any atom is -0.378 e. The fourth-order valence-corrected chi connectivity index (χ4v) is 2.55. The molecule has 1 aliphatic carbocycles. The van der Waals surface area contributed by atoms with Crippen LogP contribution in [0.2, 0.25) is 0 Å². The standard InChI is InChI=1S/C15H31NO/c1-15(2)10-8-14(9-11-15)17-13-7-5-4-6-12-16-3/h14,16H,4-13H2,1-3H3. The van der Waals surface area contributed by atoms with Crippen molar-refractivity contribution in [3.05, 3.63) is 0 Å². The second-order valence-electron chi connectivity index (χ2n) is 6.25. The van der Waals surface area contributed by atoms with Gasteiger partial charge in [0.2, 0.25) is 0 Å². The second-order valence-corrected chi connectivity index (χ2v) is 6.25. The first-order chi connectivity index (χ1) is 8.14. The number of nitrogens with one attached hydrogen (secondary N) is 1. The molecule has 102 valence electrons. The SMILES string of the molecule is CNCCCCCCOC1CCC(C)(C)CC1. The third-order valence-corrected chi connectivity index (χ3v) is 3.96. The molecule has 0 saturated heterocycles. The van der Waals surface area contributed by atoms with Crippen molar-refractivity contribution in [2.75, 3.05) is 20.2 Å². The van der Waals surface area contributed by atoms with Crippen molar-refractivity contribution in [3.63, 3.8) is 0 Å². The van der Waals surface area contributed by atoms with Gasteiger partial charge in [0, 0.05) is 6.61 Å². The summed E-state index contributed by atoms with van der Waals surface area (Å²) in [5.74, 6) is 0. The Balaban J connectivity index is 1.90. The van der Waals surface area contributed by atoms with E-state index < -0.39 is 0 Å². The van der Waals surface area contributed by atoms with Crippen molar-refractivity contribution >= 4 is 0 Å². The molecule has 0 bridgehead atoms. The van der Waals surface area contributed by atoms with Crippen LogP contribution in [0, 0.1) is 5.41 Å². The Morgan fingerprint density at radius 1 is 1.06 bits per heavy atom. The highest BCUT2D eigenvalue weighted by Gasteiger charge is 2.26. The van der Waals surface area contributed by atoms with Crippen LogP contribution in [0.5, 0.6) is 0 Å². The van der Waals surface area contributed by atoms with Crippen molar-refractivity contribution in [1.82, 2.24) is 5.32 Å². The van der Waals surface area contributed by atoms with E-state index in [0.717, 1.165) is 13.2 Å². The van der Waals surface area contributed by atoms with E-state index in [1.807, 2.05) is 7.05 Å². The normalized spacial score (nSPS) is 20.6. The molecule has 0 radical (unpaired) electrons. The van der Waals surface area contributed by atoms with Crippen LogP contribution in [0.1, 0.15) is 65.2 Å². The van der Waals surface area contributed by atoms with E-state index in [9.17, 15) is 0 Å². The smallest absolute Gasteiger partial charge is 0.0575 e. The van der Waals surface area contributed by atoms with Crippen LogP contribution in [0.25, 0.3) is 0 Å². The maximum absolute atomic E-state index is 5.97. The fourth-order valence-electron chi connectivity index (χ4n) is 2.55. The lowest BCUT2D eigenvalue weighted by molar-refractivity contribution is 0.00274. The van der Waals surface area contributed by atoms with Gasteiger partial charge in [-0.1, -0.05) is 26.7 Å². The quantitative estimate of drug-likeness (QED) is 0.653. The molecule has 2 heteroatoms.